The summed E-state index contributed by atoms with van der Waals surface area (Å²) in [6, 6.07) is 4.59. The van der Waals surface area contributed by atoms with E-state index < -0.39 is 11.9 Å². The molecular formula is C12H14FN3O. The molecule has 0 aliphatic rings. The lowest BCUT2D eigenvalue weighted by Crippen LogP contribution is -2.03. The van der Waals surface area contributed by atoms with E-state index in [-0.39, 0.29) is 0 Å². The normalized spacial score (nSPS) is 12.8. The molecule has 2 aromatic rings. The van der Waals surface area contributed by atoms with Gasteiger partial charge in [-0.05, 0) is 38.5 Å². The number of hydrogen-bond donors (Lipinski definition) is 1. The predicted octanol–water partition coefficient (Wildman–Crippen LogP) is 2.08. The Labute approximate surface area is 98.7 Å². The van der Waals surface area contributed by atoms with Gasteiger partial charge in [0.1, 0.15) is 23.2 Å². The first kappa shape index (κ1) is 11.7. The average Bonchev–Trinajstić information content (AvgIpc) is 2.57. The molecule has 4 nitrogen and oxygen atoms in total. The number of aromatic nitrogens is 3. The molecule has 0 radical (unpaired) electrons. The molecule has 0 saturated carbocycles. The standard InChI is InChI=1S/C12H14FN3O/c1-7(17)10-4-5-12(11(13)6-10)16-9(3)14-8(2)15-16/h4-7,17H,1-3H3/t7-/m0/s1. The van der Waals surface area contributed by atoms with Crippen molar-refractivity contribution in [2.45, 2.75) is 26.9 Å². The molecule has 2 rings (SSSR count). The summed E-state index contributed by atoms with van der Waals surface area (Å²) in [7, 11) is 0. The molecule has 1 aromatic carbocycles. The Morgan fingerprint density at radius 1 is 1.35 bits per heavy atom. The molecule has 0 fully saturated rings. The fraction of sp³-hybridized carbons (Fsp3) is 0.333. The third-order valence-electron chi connectivity index (χ3n) is 2.56. The smallest absolute Gasteiger partial charge is 0.149 e. The first-order chi connectivity index (χ1) is 7.99. The van der Waals surface area contributed by atoms with E-state index in [1.165, 1.54) is 10.7 Å². The van der Waals surface area contributed by atoms with E-state index in [0.29, 0.717) is 22.9 Å². The number of aliphatic hydroxyl groups is 1. The SMILES string of the molecule is Cc1nc(C)n(-c2ccc([C@H](C)O)cc2F)n1. The van der Waals surface area contributed by atoms with Crippen LogP contribution >= 0.6 is 0 Å². The molecule has 90 valence electrons. The number of benzene rings is 1. The van der Waals surface area contributed by atoms with Crippen LogP contribution in [0.5, 0.6) is 0 Å². The van der Waals surface area contributed by atoms with Gasteiger partial charge in [-0.15, -0.1) is 0 Å². The van der Waals surface area contributed by atoms with Crippen LogP contribution in [-0.2, 0) is 0 Å². The minimum atomic E-state index is -0.683. The zero-order chi connectivity index (χ0) is 12.6. The van der Waals surface area contributed by atoms with Crippen molar-refractivity contribution in [3.8, 4) is 5.69 Å². The molecule has 0 aliphatic heterocycles. The third-order valence-corrected chi connectivity index (χ3v) is 2.56. The minimum absolute atomic E-state index is 0.340. The Morgan fingerprint density at radius 3 is 2.53 bits per heavy atom. The van der Waals surface area contributed by atoms with E-state index in [2.05, 4.69) is 10.1 Å². The topological polar surface area (TPSA) is 50.9 Å². The van der Waals surface area contributed by atoms with Crippen molar-refractivity contribution in [1.82, 2.24) is 14.8 Å². The van der Waals surface area contributed by atoms with Gasteiger partial charge in [0.2, 0.25) is 0 Å². The molecule has 0 aliphatic carbocycles. The average molecular weight is 235 g/mol. The largest absolute Gasteiger partial charge is 0.389 e. The van der Waals surface area contributed by atoms with Crippen LogP contribution in [0.4, 0.5) is 4.39 Å². The van der Waals surface area contributed by atoms with Crippen LogP contribution in [0.2, 0.25) is 0 Å². The summed E-state index contributed by atoms with van der Waals surface area (Å²) < 4.78 is 15.3. The van der Waals surface area contributed by atoms with Crippen molar-refractivity contribution in [2.24, 2.45) is 0 Å². The van der Waals surface area contributed by atoms with Crippen LogP contribution in [0.15, 0.2) is 18.2 Å². The summed E-state index contributed by atoms with van der Waals surface area (Å²) in [5.74, 6) is 0.809. The van der Waals surface area contributed by atoms with Gasteiger partial charge < -0.3 is 5.11 Å². The second-order valence-electron chi connectivity index (χ2n) is 4.00. The Hall–Kier alpha value is -1.75. The van der Waals surface area contributed by atoms with Crippen molar-refractivity contribution in [3.63, 3.8) is 0 Å². The van der Waals surface area contributed by atoms with Crippen LogP contribution in [0.3, 0.4) is 0 Å². The third kappa shape index (κ3) is 2.19. The molecule has 1 N–H and O–H groups in total. The molecule has 1 aromatic heterocycles. The van der Waals surface area contributed by atoms with Crippen molar-refractivity contribution in [1.29, 1.82) is 0 Å². The second-order valence-corrected chi connectivity index (χ2v) is 4.00. The number of nitrogens with zero attached hydrogens (tertiary/aromatic N) is 3. The monoisotopic (exact) mass is 235 g/mol. The van der Waals surface area contributed by atoms with Crippen LogP contribution in [0.1, 0.15) is 30.2 Å². The molecule has 17 heavy (non-hydrogen) atoms. The van der Waals surface area contributed by atoms with Crippen molar-refractivity contribution >= 4 is 0 Å². The van der Waals surface area contributed by atoms with Gasteiger partial charge >= 0.3 is 0 Å². The quantitative estimate of drug-likeness (QED) is 0.867. The van der Waals surface area contributed by atoms with Gasteiger partial charge in [0.05, 0.1) is 6.10 Å². The number of aryl methyl sites for hydroxylation is 2. The lowest BCUT2D eigenvalue weighted by atomic mass is 10.1. The van der Waals surface area contributed by atoms with E-state index in [1.807, 2.05) is 0 Å². The van der Waals surface area contributed by atoms with Gasteiger partial charge in [-0.1, -0.05) is 6.07 Å². The summed E-state index contributed by atoms with van der Waals surface area (Å²) in [5.41, 5.74) is 0.883. The molecule has 1 atom stereocenters. The Balaban J connectivity index is 2.50. The summed E-state index contributed by atoms with van der Waals surface area (Å²) in [5, 5.41) is 13.5. The lowest BCUT2D eigenvalue weighted by molar-refractivity contribution is 0.199. The number of aliphatic hydroxyl groups excluding tert-OH is 1. The van der Waals surface area contributed by atoms with E-state index in [0.717, 1.165) is 0 Å². The fourth-order valence-electron chi connectivity index (χ4n) is 1.70. The molecule has 0 spiro atoms. The zero-order valence-corrected chi connectivity index (χ0v) is 9.98. The highest BCUT2D eigenvalue weighted by atomic mass is 19.1. The summed E-state index contributed by atoms with van der Waals surface area (Å²) in [6.45, 7) is 5.12. The van der Waals surface area contributed by atoms with Crippen molar-refractivity contribution in [3.05, 3.63) is 41.2 Å². The Bertz CT molecular complexity index is 549. The maximum atomic E-state index is 13.9. The van der Waals surface area contributed by atoms with Gasteiger partial charge in [0.25, 0.3) is 0 Å². The molecule has 0 bridgehead atoms. The lowest BCUT2D eigenvalue weighted by Gasteiger charge is -2.08. The zero-order valence-electron chi connectivity index (χ0n) is 9.98. The van der Waals surface area contributed by atoms with Gasteiger partial charge in [-0.2, -0.15) is 5.10 Å². The molecule has 0 unspecified atom stereocenters. The summed E-state index contributed by atoms with van der Waals surface area (Å²) >= 11 is 0. The van der Waals surface area contributed by atoms with Crippen LogP contribution in [0.25, 0.3) is 5.69 Å². The van der Waals surface area contributed by atoms with E-state index >= 15 is 0 Å². The van der Waals surface area contributed by atoms with E-state index in [4.69, 9.17) is 0 Å². The van der Waals surface area contributed by atoms with Gasteiger partial charge in [-0.3, -0.25) is 0 Å². The van der Waals surface area contributed by atoms with E-state index in [9.17, 15) is 9.50 Å². The van der Waals surface area contributed by atoms with Gasteiger partial charge in [0, 0.05) is 0 Å². The van der Waals surface area contributed by atoms with Gasteiger partial charge in [-0.25, -0.2) is 14.1 Å². The van der Waals surface area contributed by atoms with Crippen LogP contribution in [0, 0.1) is 19.7 Å². The maximum absolute atomic E-state index is 13.9. The Morgan fingerprint density at radius 2 is 2.06 bits per heavy atom. The summed E-state index contributed by atoms with van der Waals surface area (Å²) in [4.78, 5) is 4.12. The van der Waals surface area contributed by atoms with Crippen LogP contribution in [-0.4, -0.2) is 19.9 Å². The van der Waals surface area contributed by atoms with Crippen molar-refractivity contribution < 1.29 is 9.50 Å². The predicted molar refractivity (Wildman–Crippen MR) is 61.4 cm³/mol. The first-order valence-electron chi connectivity index (χ1n) is 5.37. The highest BCUT2D eigenvalue weighted by Gasteiger charge is 2.12. The molecule has 0 amide bonds. The fourth-order valence-corrected chi connectivity index (χ4v) is 1.70. The minimum Gasteiger partial charge on any atom is -0.389 e. The second kappa shape index (κ2) is 4.25. The molecular weight excluding hydrogens is 221 g/mol. The highest BCUT2D eigenvalue weighted by Crippen LogP contribution is 2.19. The number of rotatable bonds is 2. The molecule has 1 heterocycles. The molecule has 5 heteroatoms. The number of hydrogen-bond acceptors (Lipinski definition) is 3. The first-order valence-corrected chi connectivity index (χ1v) is 5.37. The van der Waals surface area contributed by atoms with Crippen LogP contribution < -0.4 is 0 Å². The van der Waals surface area contributed by atoms with E-state index in [1.54, 1.807) is 32.9 Å². The highest BCUT2D eigenvalue weighted by molar-refractivity contribution is 5.37. The van der Waals surface area contributed by atoms with Gasteiger partial charge in [0.15, 0.2) is 0 Å². The molecule has 0 saturated heterocycles. The number of halogens is 1. The Kier molecular flexibility index (Phi) is 2.93. The van der Waals surface area contributed by atoms with Crippen molar-refractivity contribution in [2.75, 3.05) is 0 Å². The maximum Gasteiger partial charge on any atom is 0.149 e. The summed E-state index contributed by atoms with van der Waals surface area (Å²) in [6.07, 6.45) is -0.683.